The molecule has 2 aromatic carbocycles. The summed E-state index contributed by atoms with van der Waals surface area (Å²) in [4.78, 5) is 12.3. The number of ether oxygens (including phenoxy) is 2. The molecular weight excluding hydrogens is 326 g/mol. The first kappa shape index (κ1) is 19.6. The SMILES string of the molecule is C=C(C)COc1cccc(C(=O)NCCCc2ccccc2OCC)c1. The van der Waals surface area contributed by atoms with Gasteiger partial charge >= 0.3 is 0 Å². The topological polar surface area (TPSA) is 47.6 Å². The minimum absolute atomic E-state index is 0.0936. The molecule has 4 heteroatoms. The summed E-state index contributed by atoms with van der Waals surface area (Å²) in [6, 6.07) is 15.2. The lowest BCUT2D eigenvalue weighted by Crippen LogP contribution is -2.24. The molecule has 0 radical (unpaired) electrons. The van der Waals surface area contributed by atoms with E-state index in [1.165, 1.54) is 5.56 Å². The lowest BCUT2D eigenvalue weighted by molar-refractivity contribution is 0.0953. The van der Waals surface area contributed by atoms with Crippen LogP contribution in [0.25, 0.3) is 0 Å². The maximum absolute atomic E-state index is 12.3. The normalized spacial score (nSPS) is 10.2. The lowest BCUT2D eigenvalue weighted by atomic mass is 10.1. The lowest BCUT2D eigenvalue weighted by Gasteiger charge is -2.11. The summed E-state index contributed by atoms with van der Waals surface area (Å²) in [5.41, 5.74) is 2.70. The third kappa shape index (κ3) is 6.28. The number of para-hydroxylation sites is 1. The monoisotopic (exact) mass is 353 g/mol. The van der Waals surface area contributed by atoms with Gasteiger partial charge in [-0.05, 0) is 62.1 Å². The Kier molecular flexibility index (Phi) is 7.75. The van der Waals surface area contributed by atoms with Gasteiger partial charge in [0.2, 0.25) is 0 Å². The Bertz CT molecular complexity index is 740. The molecule has 0 heterocycles. The van der Waals surface area contributed by atoms with Gasteiger partial charge in [0.25, 0.3) is 5.91 Å². The van der Waals surface area contributed by atoms with Crippen LogP contribution in [0, 0.1) is 0 Å². The van der Waals surface area contributed by atoms with Gasteiger partial charge in [-0.15, -0.1) is 0 Å². The number of rotatable bonds is 10. The summed E-state index contributed by atoms with van der Waals surface area (Å²) in [6.45, 7) is 9.39. The highest BCUT2D eigenvalue weighted by molar-refractivity contribution is 5.94. The van der Waals surface area contributed by atoms with Gasteiger partial charge in [-0.25, -0.2) is 0 Å². The fraction of sp³-hybridized carbons (Fsp3) is 0.318. The molecule has 0 aliphatic heterocycles. The summed E-state index contributed by atoms with van der Waals surface area (Å²) in [5, 5.41) is 2.96. The van der Waals surface area contributed by atoms with Crippen molar-refractivity contribution in [1.29, 1.82) is 0 Å². The zero-order valence-corrected chi connectivity index (χ0v) is 15.6. The molecule has 4 nitrogen and oxygen atoms in total. The van der Waals surface area contributed by atoms with Gasteiger partial charge in [0.1, 0.15) is 18.1 Å². The summed E-state index contributed by atoms with van der Waals surface area (Å²) in [6.07, 6.45) is 1.71. The van der Waals surface area contributed by atoms with Crippen LogP contribution in [0.2, 0.25) is 0 Å². The zero-order chi connectivity index (χ0) is 18.8. The number of benzene rings is 2. The maximum atomic E-state index is 12.3. The molecule has 0 saturated heterocycles. The van der Waals surface area contributed by atoms with Gasteiger partial charge in [0.05, 0.1) is 6.61 Å². The Morgan fingerprint density at radius 3 is 2.69 bits per heavy atom. The number of nitrogens with one attached hydrogen (secondary N) is 1. The molecule has 2 rings (SSSR count). The summed E-state index contributed by atoms with van der Waals surface area (Å²) < 4.78 is 11.2. The summed E-state index contributed by atoms with van der Waals surface area (Å²) in [5.74, 6) is 1.50. The molecule has 1 N–H and O–H groups in total. The summed E-state index contributed by atoms with van der Waals surface area (Å²) >= 11 is 0. The number of hydrogen-bond donors (Lipinski definition) is 1. The van der Waals surface area contributed by atoms with Crippen molar-refractivity contribution in [2.24, 2.45) is 0 Å². The van der Waals surface area contributed by atoms with Gasteiger partial charge in [-0.3, -0.25) is 4.79 Å². The molecule has 0 unspecified atom stereocenters. The van der Waals surface area contributed by atoms with Crippen LogP contribution in [0.3, 0.4) is 0 Å². The van der Waals surface area contributed by atoms with Gasteiger partial charge in [-0.2, -0.15) is 0 Å². The number of hydrogen-bond acceptors (Lipinski definition) is 3. The van der Waals surface area contributed by atoms with Crippen LogP contribution >= 0.6 is 0 Å². The van der Waals surface area contributed by atoms with E-state index in [2.05, 4.69) is 18.0 Å². The molecule has 0 aliphatic carbocycles. The van der Waals surface area contributed by atoms with Crippen molar-refractivity contribution in [3.05, 3.63) is 71.8 Å². The summed E-state index contributed by atoms with van der Waals surface area (Å²) in [7, 11) is 0. The largest absolute Gasteiger partial charge is 0.494 e. The van der Waals surface area contributed by atoms with Crippen LogP contribution < -0.4 is 14.8 Å². The Hall–Kier alpha value is -2.75. The van der Waals surface area contributed by atoms with E-state index < -0.39 is 0 Å². The smallest absolute Gasteiger partial charge is 0.251 e. The first-order chi connectivity index (χ1) is 12.6. The first-order valence-electron chi connectivity index (χ1n) is 8.96. The van der Waals surface area contributed by atoms with E-state index in [1.54, 1.807) is 12.1 Å². The van der Waals surface area contributed by atoms with E-state index in [9.17, 15) is 4.79 Å². The van der Waals surface area contributed by atoms with Crippen LogP contribution in [0.1, 0.15) is 36.2 Å². The van der Waals surface area contributed by atoms with Gasteiger partial charge < -0.3 is 14.8 Å². The zero-order valence-electron chi connectivity index (χ0n) is 15.6. The second kappa shape index (κ2) is 10.3. The van der Waals surface area contributed by atoms with E-state index in [-0.39, 0.29) is 5.91 Å². The van der Waals surface area contributed by atoms with Crippen LogP contribution in [0.15, 0.2) is 60.7 Å². The Morgan fingerprint density at radius 2 is 1.92 bits per heavy atom. The van der Waals surface area contributed by atoms with Gasteiger partial charge in [0, 0.05) is 12.1 Å². The van der Waals surface area contributed by atoms with E-state index in [0.29, 0.717) is 31.1 Å². The molecule has 0 spiro atoms. The van der Waals surface area contributed by atoms with Crippen LogP contribution in [0.5, 0.6) is 11.5 Å². The molecule has 0 aliphatic rings. The average Bonchev–Trinajstić information content (AvgIpc) is 2.65. The minimum atomic E-state index is -0.0936. The Morgan fingerprint density at radius 1 is 1.12 bits per heavy atom. The molecule has 0 atom stereocenters. The number of carbonyl (C=O) groups excluding carboxylic acids is 1. The predicted octanol–water partition coefficient (Wildman–Crippen LogP) is 4.40. The number of carbonyl (C=O) groups is 1. The Labute approximate surface area is 155 Å². The average molecular weight is 353 g/mol. The number of aryl methyl sites for hydroxylation is 1. The minimum Gasteiger partial charge on any atom is -0.494 e. The van der Waals surface area contributed by atoms with Gasteiger partial charge in [0.15, 0.2) is 0 Å². The second-order valence-corrected chi connectivity index (χ2v) is 6.17. The third-order valence-corrected chi connectivity index (χ3v) is 3.76. The number of amides is 1. The molecule has 26 heavy (non-hydrogen) atoms. The Balaban J connectivity index is 1.82. The maximum Gasteiger partial charge on any atom is 0.251 e. The highest BCUT2D eigenvalue weighted by Crippen LogP contribution is 2.19. The second-order valence-electron chi connectivity index (χ2n) is 6.17. The quantitative estimate of drug-likeness (QED) is 0.509. The molecule has 0 saturated carbocycles. The molecule has 0 fully saturated rings. The highest BCUT2D eigenvalue weighted by atomic mass is 16.5. The molecule has 2 aromatic rings. The van der Waals surface area contributed by atoms with E-state index >= 15 is 0 Å². The first-order valence-corrected chi connectivity index (χ1v) is 8.96. The van der Waals surface area contributed by atoms with E-state index in [4.69, 9.17) is 9.47 Å². The third-order valence-electron chi connectivity index (χ3n) is 3.76. The van der Waals surface area contributed by atoms with Crippen molar-refractivity contribution in [1.82, 2.24) is 5.32 Å². The van der Waals surface area contributed by atoms with Crippen LogP contribution in [0.4, 0.5) is 0 Å². The molecular formula is C22H27NO3. The fourth-order valence-corrected chi connectivity index (χ4v) is 2.52. The predicted molar refractivity (Wildman–Crippen MR) is 105 cm³/mol. The van der Waals surface area contributed by atoms with Crippen molar-refractivity contribution < 1.29 is 14.3 Å². The van der Waals surface area contributed by atoms with Gasteiger partial charge in [-0.1, -0.05) is 30.8 Å². The van der Waals surface area contributed by atoms with Crippen molar-refractivity contribution in [2.75, 3.05) is 19.8 Å². The van der Waals surface area contributed by atoms with E-state index in [1.807, 2.05) is 44.2 Å². The fourth-order valence-electron chi connectivity index (χ4n) is 2.52. The van der Waals surface area contributed by atoms with Crippen molar-refractivity contribution in [3.8, 4) is 11.5 Å². The molecule has 0 aromatic heterocycles. The molecule has 1 amide bonds. The highest BCUT2D eigenvalue weighted by Gasteiger charge is 2.07. The van der Waals surface area contributed by atoms with Crippen molar-refractivity contribution in [2.45, 2.75) is 26.7 Å². The molecule has 138 valence electrons. The standard InChI is InChI=1S/C22H27NO3/c1-4-25-21-13-6-5-9-18(21)11-8-14-23-22(24)19-10-7-12-20(15-19)26-16-17(2)3/h5-7,9-10,12-13,15H,2,4,8,11,14,16H2,1,3H3,(H,23,24). The molecule has 0 bridgehead atoms. The van der Waals surface area contributed by atoms with Crippen molar-refractivity contribution in [3.63, 3.8) is 0 Å². The van der Waals surface area contributed by atoms with E-state index in [0.717, 1.165) is 24.2 Å². The van der Waals surface area contributed by atoms with Crippen LogP contribution in [-0.4, -0.2) is 25.7 Å². The van der Waals surface area contributed by atoms with Crippen LogP contribution in [-0.2, 0) is 6.42 Å². The van der Waals surface area contributed by atoms with Crippen molar-refractivity contribution >= 4 is 5.91 Å².